The Hall–Kier alpha value is -2.39. The number of nitrogens with two attached hydrogens (primary N) is 1. The molecule has 0 aliphatic rings. The van der Waals surface area contributed by atoms with E-state index in [1.165, 1.54) is 0 Å². The predicted molar refractivity (Wildman–Crippen MR) is 86.4 cm³/mol. The molecule has 2 aromatic carbocycles. The molecule has 3 aromatic rings. The smallest absolute Gasteiger partial charge is 0.258 e. The Balaban J connectivity index is 2.02. The standard InChI is InChI=1S/C18H18N2O/c1-13-10-14(11-19)6-7-16(13)12-20-9-8-15-4-2-3-5-17(15)18(20)21/h2-10H,11-12,19H2,1H3. The van der Waals surface area contributed by atoms with Crippen LogP contribution in [0.1, 0.15) is 16.7 Å². The molecule has 0 amide bonds. The average Bonchev–Trinajstić information content (AvgIpc) is 2.52. The summed E-state index contributed by atoms with van der Waals surface area (Å²) in [5.41, 5.74) is 9.12. The number of hydrogen-bond acceptors (Lipinski definition) is 2. The molecule has 3 rings (SSSR count). The van der Waals surface area contributed by atoms with Gasteiger partial charge in [-0.05, 0) is 41.1 Å². The van der Waals surface area contributed by atoms with E-state index in [0.717, 1.165) is 27.5 Å². The molecule has 1 heterocycles. The van der Waals surface area contributed by atoms with Crippen LogP contribution in [0.2, 0.25) is 0 Å². The van der Waals surface area contributed by atoms with Gasteiger partial charge in [-0.15, -0.1) is 0 Å². The lowest BCUT2D eigenvalue weighted by Crippen LogP contribution is -2.20. The van der Waals surface area contributed by atoms with Gasteiger partial charge in [0.15, 0.2) is 0 Å². The van der Waals surface area contributed by atoms with Crippen LogP contribution in [-0.2, 0) is 13.1 Å². The molecule has 0 fully saturated rings. The molecule has 0 aliphatic heterocycles. The highest BCUT2D eigenvalue weighted by Crippen LogP contribution is 2.13. The fourth-order valence-corrected chi connectivity index (χ4v) is 2.60. The van der Waals surface area contributed by atoms with Gasteiger partial charge in [0, 0.05) is 18.1 Å². The van der Waals surface area contributed by atoms with E-state index in [0.29, 0.717) is 13.1 Å². The number of fused-ring (bicyclic) bond motifs is 1. The SMILES string of the molecule is Cc1cc(CN)ccc1Cn1ccc2ccccc2c1=O. The molecule has 2 N–H and O–H groups in total. The second kappa shape index (κ2) is 5.54. The molecular formula is C18H18N2O. The topological polar surface area (TPSA) is 48.0 Å². The largest absolute Gasteiger partial charge is 0.326 e. The first-order chi connectivity index (χ1) is 10.2. The van der Waals surface area contributed by atoms with Crippen LogP contribution in [0, 0.1) is 6.92 Å². The summed E-state index contributed by atoms with van der Waals surface area (Å²) in [6.45, 7) is 3.18. The summed E-state index contributed by atoms with van der Waals surface area (Å²) in [5.74, 6) is 0. The molecule has 0 saturated carbocycles. The summed E-state index contributed by atoms with van der Waals surface area (Å²) in [6, 6.07) is 15.8. The molecule has 0 bridgehead atoms. The Morgan fingerprint density at radius 1 is 1.10 bits per heavy atom. The lowest BCUT2D eigenvalue weighted by Gasteiger charge is -2.11. The zero-order valence-corrected chi connectivity index (χ0v) is 12.0. The van der Waals surface area contributed by atoms with Crippen molar-refractivity contribution in [2.45, 2.75) is 20.0 Å². The van der Waals surface area contributed by atoms with Gasteiger partial charge in [0.1, 0.15) is 0 Å². The molecule has 21 heavy (non-hydrogen) atoms. The van der Waals surface area contributed by atoms with Crippen LogP contribution in [0.25, 0.3) is 10.8 Å². The normalized spacial score (nSPS) is 11.0. The Bertz CT molecular complexity index is 849. The highest BCUT2D eigenvalue weighted by Gasteiger charge is 2.05. The summed E-state index contributed by atoms with van der Waals surface area (Å²) in [7, 11) is 0. The molecule has 0 unspecified atom stereocenters. The van der Waals surface area contributed by atoms with Crippen molar-refractivity contribution >= 4 is 10.8 Å². The Morgan fingerprint density at radius 2 is 1.90 bits per heavy atom. The number of aryl methyl sites for hydroxylation is 1. The quantitative estimate of drug-likeness (QED) is 0.801. The van der Waals surface area contributed by atoms with Crippen LogP contribution < -0.4 is 11.3 Å². The van der Waals surface area contributed by atoms with Crippen molar-refractivity contribution in [1.29, 1.82) is 0 Å². The fraction of sp³-hybridized carbons (Fsp3) is 0.167. The highest BCUT2D eigenvalue weighted by atomic mass is 16.1. The second-order valence-electron chi connectivity index (χ2n) is 5.30. The van der Waals surface area contributed by atoms with Crippen molar-refractivity contribution in [3.63, 3.8) is 0 Å². The Kier molecular flexibility index (Phi) is 3.59. The van der Waals surface area contributed by atoms with Gasteiger partial charge in [-0.3, -0.25) is 4.79 Å². The van der Waals surface area contributed by atoms with Crippen molar-refractivity contribution < 1.29 is 0 Å². The molecule has 3 nitrogen and oxygen atoms in total. The summed E-state index contributed by atoms with van der Waals surface area (Å²) in [6.07, 6.45) is 1.86. The van der Waals surface area contributed by atoms with Crippen LogP contribution in [0.4, 0.5) is 0 Å². The Labute approximate surface area is 123 Å². The Morgan fingerprint density at radius 3 is 2.67 bits per heavy atom. The maximum absolute atomic E-state index is 12.5. The first-order valence-corrected chi connectivity index (χ1v) is 7.05. The zero-order chi connectivity index (χ0) is 14.8. The number of hydrogen-bond donors (Lipinski definition) is 1. The number of nitrogens with zero attached hydrogens (tertiary/aromatic N) is 1. The van der Waals surface area contributed by atoms with Gasteiger partial charge in [0.05, 0.1) is 6.54 Å². The van der Waals surface area contributed by atoms with Crippen molar-refractivity contribution in [2.24, 2.45) is 5.73 Å². The van der Waals surface area contributed by atoms with E-state index in [1.54, 1.807) is 4.57 Å². The molecule has 1 aromatic heterocycles. The molecule has 0 radical (unpaired) electrons. The fourth-order valence-electron chi connectivity index (χ4n) is 2.60. The molecular weight excluding hydrogens is 260 g/mol. The first-order valence-electron chi connectivity index (χ1n) is 7.05. The van der Waals surface area contributed by atoms with Crippen LogP contribution >= 0.6 is 0 Å². The van der Waals surface area contributed by atoms with E-state index >= 15 is 0 Å². The monoisotopic (exact) mass is 278 g/mol. The molecule has 3 heteroatoms. The minimum atomic E-state index is 0.0513. The minimum absolute atomic E-state index is 0.0513. The van der Waals surface area contributed by atoms with Gasteiger partial charge in [-0.1, -0.05) is 36.4 Å². The lowest BCUT2D eigenvalue weighted by atomic mass is 10.0. The zero-order valence-electron chi connectivity index (χ0n) is 12.0. The van der Waals surface area contributed by atoms with Crippen molar-refractivity contribution in [3.8, 4) is 0 Å². The maximum atomic E-state index is 12.5. The van der Waals surface area contributed by atoms with Crippen LogP contribution in [0.3, 0.4) is 0 Å². The van der Waals surface area contributed by atoms with Crippen molar-refractivity contribution in [3.05, 3.63) is 81.8 Å². The van der Waals surface area contributed by atoms with Crippen molar-refractivity contribution in [1.82, 2.24) is 4.57 Å². The van der Waals surface area contributed by atoms with Gasteiger partial charge in [-0.25, -0.2) is 0 Å². The van der Waals surface area contributed by atoms with Gasteiger partial charge in [0.2, 0.25) is 0 Å². The molecule has 0 aliphatic carbocycles. The first kappa shape index (κ1) is 13.6. The summed E-state index contributed by atoms with van der Waals surface area (Å²) >= 11 is 0. The predicted octanol–water partition coefficient (Wildman–Crippen LogP) is 2.82. The van der Waals surface area contributed by atoms with E-state index in [4.69, 9.17) is 5.73 Å². The van der Waals surface area contributed by atoms with Crippen molar-refractivity contribution in [2.75, 3.05) is 0 Å². The third kappa shape index (κ3) is 2.60. The van der Waals surface area contributed by atoms with Gasteiger partial charge < -0.3 is 10.3 Å². The molecule has 0 spiro atoms. The van der Waals surface area contributed by atoms with E-state index in [-0.39, 0.29) is 5.56 Å². The van der Waals surface area contributed by atoms with E-state index in [1.807, 2.05) is 42.6 Å². The van der Waals surface area contributed by atoms with Crippen LogP contribution in [0.5, 0.6) is 0 Å². The van der Waals surface area contributed by atoms with E-state index < -0.39 is 0 Å². The number of pyridine rings is 1. The third-order valence-corrected chi connectivity index (χ3v) is 3.87. The minimum Gasteiger partial charge on any atom is -0.326 e. The van der Waals surface area contributed by atoms with Crippen LogP contribution in [0.15, 0.2) is 59.5 Å². The molecule has 0 saturated heterocycles. The highest BCUT2D eigenvalue weighted by molar-refractivity contribution is 5.81. The lowest BCUT2D eigenvalue weighted by molar-refractivity contribution is 0.763. The molecule has 0 atom stereocenters. The maximum Gasteiger partial charge on any atom is 0.258 e. The second-order valence-corrected chi connectivity index (χ2v) is 5.30. The van der Waals surface area contributed by atoms with Gasteiger partial charge >= 0.3 is 0 Å². The van der Waals surface area contributed by atoms with Gasteiger partial charge in [0.25, 0.3) is 5.56 Å². The van der Waals surface area contributed by atoms with Crippen LogP contribution in [-0.4, -0.2) is 4.57 Å². The average molecular weight is 278 g/mol. The summed E-state index contributed by atoms with van der Waals surface area (Å²) in [4.78, 5) is 12.5. The number of rotatable bonds is 3. The van der Waals surface area contributed by atoms with E-state index in [2.05, 4.69) is 19.1 Å². The van der Waals surface area contributed by atoms with Gasteiger partial charge in [-0.2, -0.15) is 0 Å². The number of benzene rings is 2. The van der Waals surface area contributed by atoms with E-state index in [9.17, 15) is 4.79 Å². The number of aromatic nitrogens is 1. The summed E-state index contributed by atoms with van der Waals surface area (Å²) in [5, 5.41) is 1.74. The summed E-state index contributed by atoms with van der Waals surface area (Å²) < 4.78 is 1.76. The molecule has 106 valence electrons. The third-order valence-electron chi connectivity index (χ3n) is 3.87.